The minimum atomic E-state index is 0.852. The van der Waals surface area contributed by atoms with Crippen LogP contribution in [0.3, 0.4) is 0 Å². The lowest BCUT2D eigenvalue weighted by molar-refractivity contribution is 0.223. The number of hydrogen-bond donors (Lipinski definition) is 2. The molecule has 2 aliphatic rings. The summed E-state index contributed by atoms with van der Waals surface area (Å²) in [4.78, 5) is 0. The van der Waals surface area contributed by atoms with Crippen LogP contribution in [0, 0.1) is 11.8 Å². The lowest BCUT2D eigenvalue weighted by Gasteiger charge is -2.35. The maximum atomic E-state index is 3.69. The van der Waals surface area contributed by atoms with Gasteiger partial charge in [0, 0.05) is 6.04 Å². The molecule has 0 aromatic carbocycles. The zero-order chi connectivity index (χ0) is 9.10. The maximum Gasteiger partial charge on any atom is 0.00722 e. The minimum absolute atomic E-state index is 0.852. The van der Waals surface area contributed by atoms with Crippen LogP contribution < -0.4 is 10.6 Å². The van der Waals surface area contributed by atoms with Gasteiger partial charge in [0.05, 0.1) is 0 Å². The summed E-state index contributed by atoms with van der Waals surface area (Å²) < 4.78 is 0. The van der Waals surface area contributed by atoms with E-state index in [4.69, 9.17) is 0 Å². The first-order chi connectivity index (χ1) is 6.34. The molecule has 0 radical (unpaired) electrons. The molecule has 0 atom stereocenters. The molecule has 0 aromatic rings. The molecule has 2 heteroatoms. The van der Waals surface area contributed by atoms with Gasteiger partial charge in [-0.15, -0.1) is 0 Å². The molecule has 2 rings (SSSR count). The van der Waals surface area contributed by atoms with Crippen LogP contribution in [0.5, 0.6) is 0 Å². The monoisotopic (exact) mass is 182 g/mol. The first kappa shape index (κ1) is 9.47. The molecule has 0 amide bonds. The van der Waals surface area contributed by atoms with Gasteiger partial charge in [-0.25, -0.2) is 0 Å². The molecule has 2 N–H and O–H groups in total. The third kappa shape index (κ3) is 2.68. The van der Waals surface area contributed by atoms with Gasteiger partial charge in [0.15, 0.2) is 0 Å². The van der Waals surface area contributed by atoms with Crippen molar-refractivity contribution in [2.24, 2.45) is 11.8 Å². The highest BCUT2D eigenvalue weighted by molar-refractivity contribution is 4.83. The van der Waals surface area contributed by atoms with E-state index in [1.165, 1.54) is 45.3 Å². The molecule has 1 aliphatic carbocycles. The van der Waals surface area contributed by atoms with Crippen LogP contribution in [0.4, 0.5) is 0 Å². The van der Waals surface area contributed by atoms with Gasteiger partial charge < -0.3 is 10.6 Å². The Morgan fingerprint density at radius 1 is 1.23 bits per heavy atom. The van der Waals surface area contributed by atoms with E-state index in [-0.39, 0.29) is 0 Å². The Hall–Kier alpha value is -0.0800. The predicted molar refractivity (Wildman–Crippen MR) is 55.8 cm³/mol. The van der Waals surface area contributed by atoms with E-state index in [9.17, 15) is 0 Å². The summed E-state index contributed by atoms with van der Waals surface area (Å²) in [6.07, 6.45) is 5.56. The fraction of sp³-hybridized carbons (Fsp3) is 1.00. The van der Waals surface area contributed by atoms with E-state index < -0.39 is 0 Å². The van der Waals surface area contributed by atoms with Crippen molar-refractivity contribution in [2.75, 3.05) is 19.6 Å². The zero-order valence-corrected chi connectivity index (χ0v) is 8.68. The van der Waals surface area contributed by atoms with Crippen molar-refractivity contribution in [3.8, 4) is 0 Å². The zero-order valence-electron chi connectivity index (χ0n) is 8.68. The van der Waals surface area contributed by atoms with E-state index in [0.29, 0.717) is 0 Å². The van der Waals surface area contributed by atoms with Gasteiger partial charge >= 0.3 is 0 Å². The molecule has 1 saturated heterocycles. The summed E-state index contributed by atoms with van der Waals surface area (Å²) in [6, 6.07) is 0.852. The fourth-order valence-electron chi connectivity index (χ4n) is 2.49. The van der Waals surface area contributed by atoms with E-state index in [2.05, 4.69) is 17.6 Å². The molecule has 13 heavy (non-hydrogen) atoms. The Balaban J connectivity index is 1.56. The molecule has 2 nitrogen and oxygen atoms in total. The average Bonchev–Trinajstić information content (AvgIpc) is 2.12. The number of rotatable bonds is 3. The van der Waals surface area contributed by atoms with Gasteiger partial charge in [-0.3, -0.25) is 0 Å². The first-order valence-corrected chi connectivity index (χ1v) is 5.78. The number of hydrogen-bond acceptors (Lipinski definition) is 2. The van der Waals surface area contributed by atoms with Gasteiger partial charge in [0.25, 0.3) is 0 Å². The van der Waals surface area contributed by atoms with Crippen molar-refractivity contribution < 1.29 is 0 Å². The van der Waals surface area contributed by atoms with Crippen LogP contribution in [0.25, 0.3) is 0 Å². The molecule has 2 fully saturated rings. The summed E-state index contributed by atoms with van der Waals surface area (Å²) >= 11 is 0. The van der Waals surface area contributed by atoms with Crippen LogP contribution in [-0.2, 0) is 0 Å². The predicted octanol–water partition coefficient (Wildman–Crippen LogP) is 1.37. The minimum Gasteiger partial charge on any atom is -0.317 e. The van der Waals surface area contributed by atoms with Crippen LogP contribution in [-0.4, -0.2) is 25.7 Å². The third-order valence-electron chi connectivity index (χ3n) is 3.53. The number of nitrogens with one attached hydrogen (secondary N) is 2. The standard InChI is InChI=1S/C11H22N2/c1-9-6-11(7-9)13-8-10-2-4-12-5-3-10/h9-13H,2-8H2,1H3. The molecule has 0 aromatic heterocycles. The molecule has 1 saturated carbocycles. The molecular weight excluding hydrogens is 160 g/mol. The third-order valence-corrected chi connectivity index (χ3v) is 3.53. The van der Waals surface area contributed by atoms with Crippen molar-refractivity contribution >= 4 is 0 Å². The quantitative estimate of drug-likeness (QED) is 0.689. The van der Waals surface area contributed by atoms with Crippen molar-refractivity contribution in [1.82, 2.24) is 10.6 Å². The highest BCUT2D eigenvalue weighted by Crippen LogP contribution is 2.26. The van der Waals surface area contributed by atoms with Gasteiger partial charge in [0.1, 0.15) is 0 Å². The summed E-state index contributed by atoms with van der Waals surface area (Å²) in [5.41, 5.74) is 0. The molecule has 0 spiro atoms. The van der Waals surface area contributed by atoms with E-state index in [1.54, 1.807) is 0 Å². The highest BCUT2D eigenvalue weighted by atomic mass is 14.9. The molecule has 1 heterocycles. The van der Waals surface area contributed by atoms with Gasteiger partial charge in [-0.1, -0.05) is 6.92 Å². The summed E-state index contributed by atoms with van der Waals surface area (Å²) in [7, 11) is 0. The molecule has 0 bridgehead atoms. The first-order valence-electron chi connectivity index (χ1n) is 5.78. The number of piperidine rings is 1. The lowest BCUT2D eigenvalue weighted by atomic mass is 9.81. The van der Waals surface area contributed by atoms with E-state index in [1.807, 2.05) is 0 Å². The van der Waals surface area contributed by atoms with Gasteiger partial charge in [-0.2, -0.15) is 0 Å². The van der Waals surface area contributed by atoms with Gasteiger partial charge in [0.2, 0.25) is 0 Å². The lowest BCUT2D eigenvalue weighted by Crippen LogP contribution is -2.43. The molecule has 76 valence electrons. The Kier molecular flexibility index (Phi) is 3.23. The van der Waals surface area contributed by atoms with E-state index >= 15 is 0 Å². The second-order valence-electron chi connectivity index (χ2n) is 4.88. The van der Waals surface area contributed by atoms with Crippen molar-refractivity contribution in [2.45, 2.75) is 38.6 Å². The summed E-state index contributed by atoms with van der Waals surface area (Å²) in [6.45, 7) is 6.07. The Labute approximate surface area is 81.5 Å². The Bertz CT molecular complexity index is 146. The van der Waals surface area contributed by atoms with Crippen molar-refractivity contribution in [3.05, 3.63) is 0 Å². The normalized spacial score (nSPS) is 35.8. The second-order valence-corrected chi connectivity index (χ2v) is 4.88. The van der Waals surface area contributed by atoms with Crippen molar-refractivity contribution in [3.63, 3.8) is 0 Å². The van der Waals surface area contributed by atoms with Crippen LogP contribution in [0.1, 0.15) is 32.6 Å². The molecular formula is C11H22N2. The van der Waals surface area contributed by atoms with Gasteiger partial charge in [-0.05, 0) is 57.2 Å². The van der Waals surface area contributed by atoms with Crippen LogP contribution >= 0.6 is 0 Å². The highest BCUT2D eigenvalue weighted by Gasteiger charge is 2.25. The Morgan fingerprint density at radius 2 is 1.92 bits per heavy atom. The largest absolute Gasteiger partial charge is 0.317 e. The van der Waals surface area contributed by atoms with Crippen molar-refractivity contribution in [1.29, 1.82) is 0 Å². The fourth-order valence-corrected chi connectivity index (χ4v) is 2.49. The SMILES string of the molecule is CC1CC(NCC2CCNCC2)C1. The van der Waals surface area contributed by atoms with E-state index in [0.717, 1.165) is 17.9 Å². The van der Waals surface area contributed by atoms with Crippen LogP contribution in [0.2, 0.25) is 0 Å². The second kappa shape index (κ2) is 4.43. The summed E-state index contributed by atoms with van der Waals surface area (Å²) in [5.74, 6) is 1.92. The molecule has 1 aliphatic heterocycles. The smallest absolute Gasteiger partial charge is 0.00722 e. The maximum absolute atomic E-state index is 3.69. The van der Waals surface area contributed by atoms with Crippen LogP contribution in [0.15, 0.2) is 0 Å². The average molecular weight is 182 g/mol. The summed E-state index contributed by atoms with van der Waals surface area (Å²) in [5, 5.41) is 7.10. The Morgan fingerprint density at radius 3 is 2.54 bits per heavy atom. The molecule has 0 unspecified atom stereocenters. The topological polar surface area (TPSA) is 24.1 Å².